The molecule has 0 aliphatic rings. The summed E-state index contributed by atoms with van der Waals surface area (Å²) in [6.07, 6.45) is 5.29. The summed E-state index contributed by atoms with van der Waals surface area (Å²) in [5.41, 5.74) is 1.96. The Kier molecular flexibility index (Phi) is 7.93. The standard InChI is InChI=1S/C19H21N3O2PS/c1-4-13-20-14-16-7-11-19(12-8-16)24-25(26)22(2)21-15-17-5-9-18(23-3)10-6-17/h4-12,14-15H,1,13H2,2-3H3/q+1/b20-14?,21-15+. The number of ether oxygens (including phenoxy) is 1. The van der Waals surface area contributed by atoms with Crippen molar-refractivity contribution in [3.05, 3.63) is 72.3 Å². The van der Waals surface area contributed by atoms with Crippen LogP contribution in [0.5, 0.6) is 11.5 Å². The molecule has 2 aromatic rings. The summed E-state index contributed by atoms with van der Waals surface area (Å²) in [4.78, 5) is 4.21. The zero-order valence-corrected chi connectivity index (χ0v) is 16.5. The van der Waals surface area contributed by atoms with Gasteiger partial charge < -0.3 is 4.74 Å². The first-order valence-corrected chi connectivity index (χ1v) is 10.1. The third-order valence-corrected chi connectivity index (χ3v) is 5.14. The van der Waals surface area contributed by atoms with Crippen LogP contribution in [-0.4, -0.2) is 37.9 Å². The van der Waals surface area contributed by atoms with E-state index in [1.807, 2.05) is 48.5 Å². The van der Waals surface area contributed by atoms with E-state index in [9.17, 15) is 0 Å². The Morgan fingerprint density at radius 3 is 2.19 bits per heavy atom. The van der Waals surface area contributed by atoms with Crippen molar-refractivity contribution in [3.8, 4) is 11.5 Å². The average molecular weight is 386 g/mol. The maximum absolute atomic E-state index is 5.79. The van der Waals surface area contributed by atoms with E-state index >= 15 is 0 Å². The molecule has 0 heterocycles. The molecule has 2 rings (SSSR count). The Labute approximate surface area is 160 Å². The first-order valence-electron chi connectivity index (χ1n) is 7.90. The van der Waals surface area contributed by atoms with Gasteiger partial charge in [0.05, 0.1) is 26.9 Å². The Balaban J connectivity index is 1.91. The van der Waals surface area contributed by atoms with Crippen molar-refractivity contribution in [2.24, 2.45) is 10.1 Å². The summed E-state index contributed by atoms with van der Waals surface area (Å²) in [7, 11) is 2.14. The molecular weight excluding hydrogens is 365 g/mol. The monoisotopic (exact) mass is 386 g/mol. The van der Waals surface area contributed by atoms with Gasteiger partial charge in [-0.1, -0.05) is 10.9 Å². The number of methoxy groups -OCH3 is 1. The van der Waals surface area contributed by atoms with Crippen LogP contribution in [0.2, 0.25) is 0 Å². The molecule has 134 valence electrons. The molecule has 0 aliphatic carbocycles. The average Bonchev–Trinajstić information content (AvgIpc) is 2.68. The van der Waals surface area contributed by atoms with Gasteiger partial charge >= 0.3 is 7.07 Å². The van der Waals surface area contributed by atoms with E-state index in [4.69, 9.17) is 21.1 Å². The van der Waals surface area contributed by atoms with Crippen LogP contribution in [0, 0.1) is 0 Å². The zero-order chi connectivity index (χ0) is 18.8. The number of rotatable bonds is 9. The fourth-order valence-electron chi connectivity index (χ4n) is 1.88. The van der Waals surface area contributed by atoms with Gasteiger partial charge in [0.1, 0.15) is 5.75 Å². The molecule has 0 aromatic heterocycles. The van der Waals surface area contributed by atoms with Crippen LogP contribution in [0.25, 0.3) is 0 Å². The maximum Gasteiger partial charge on any atom is 0.540 e. The van der Waals surface area contributed by atoms with E-state index in [0.29, 0.717) is 12.3 Å². The second-order valence-electron chi connectivity index (χ2n) is 5.19. The molecule has 1 atom stereocenters. The van der Waals surface area contributed by atoms with Crippen molar-refractivity contribution in [1.29, 1.82) is 0 Å². The highest BCUT2D eigenvalue weighted by atomic mass is 32.4. The molecule has 0 saturated carbocycles. The number of hydrogen-bond acceptors (Lipinski definition) is 5. The summed E-state index contributed by atoms with van der Waals surface area (Å²) >= 11 is 5.41. The van der Waals surface area contributed by atoms with Gasteiger partial charge in [0.2, 0.25) is 11.8 Å². The number of hydrogen-bond donors (Lipinski definition) is 0. The van der Waals surface area contributed by atoms with Crippen molar-refractivity contribution < 1.29 is 9.26 Å². The molecule has 1 unspecified atom stereocenters. The molecule has 0 bridgehead atoms. The lowest BCUT2D eigenvalue weighted by atomic mass is 10.2. The summed E-state index contributed by atoms with van der Waals surface area (Å²) in [5, 5.41) is 4.35. The van der Waals surface area contributed by atoms with E-state index < -0.39 is 7.07 Å². The lowest BCUT2D eigenvalue weighted by Gasteiger charge is -2.03. The van der Waals surface area contributed by atoms with E-state index in [2.05, 4.69) is 16.7 Å². The minimum atomic E-state index is -1.30. The van der Waals surface area contributed by atoms with Crippen molar-refractivity contribution in [2.45, 2.75) is 0 Å². The van der Waals surface area contributed by atoms with E-state index in [0.717, 1.165) is 16.9 Å². The molecule has 26 heavy (non-hydrogen) atoms. The highest BCUT2D eigenvalue weighted by Crippen LogP contribution is 2.30. The molecule has 0 spiro atoms. The number of benzene rings is 2. The normalized spacial score (nSPS) is 11.5. The van der Waals surface area contributed by atoms with E-state index in [-0.39, 0.29) is 0 Å². The quantitative estimate of drug-likeness (QED) is 0.277. The van der Waals surface area contributed by atoms with Crippen LogP contribution in [0.3, 0.4) is 0 Å². The topological polar surface area (TPSA) is 46.4 Å². The molecule has 0 amide bonds. The second-order valence-corrected chi connectivity index (χ2v) is 7.36. The molecular formula is C19H21N3O2PS+. The van der Waals surface area contributed by atoms with Gasteiger partial charge in [-0.15, -0.1) is 11.7 Å². The third-order valence-electron chi connectivity index (χ3n) is 3.26. The molecule has 7 heteroatoms. The molecule has 0 saturated heterocycles. The van der Waals surface area contributed by atoms with Crippen LogP contribution >= 0.6 is 7.07 Å². The molecule has 0 N–H and O–H groups in total. The highest BCUT2D eigenvalue weighted by Gasteiger charge is 2.20. The maximum atomic E-state index is 5.79. The largest absolute Gasteiger partial charge is 0.540 e. The number of aliphatic imine (C=N–C) groups is 1. The molecule has 0 aliphatic heterocycles. The predicted octanol–water partition coefficient (Wildman–Crippen LogP) is 4.42. The summed E-state index contributed by atoms with van der Waals surface area (Å²) in [6.45, 7) is 4.24. The van der Waals surface area contributed by atoms with Crippen molar-refractivity contribution in [1.82, 2.24) is 4.78 Å². The van der Waals surface area contributed by atoms with Gasteiger partial charge in [-0.25, -0.2) is 0 Å². The van der Waals surface area contributed by atoms with E-state index in [1.54, 1.807) is 37.4 Å². The molecule has 0 fully saturated rings. The second kappa shape index (κ2) is 10.4. The van der Waals surface area contributed by atoms with Gasteiger partial charge in [0.25, 0.3) is 0 Å². The zero-order valence-electron chi connectivity index (χ0n) is 14.8. The Morgan fingerprint density at radius 1 is 1.04 bits per heavy atom. The minimum Gasteiger partial charge on any atom is -0.497 e. The lowest BCUT2D eigenvalue weighted by Crippen LogP contribution is -2.03. The van der Waals surface area contributed by atoms with Gasteiger partial charge in [0.15, 0.2) is 5.75 Å². The minimum absolute atomic E-state index is 0.604. The van der Waals surface area contributed by atoms with Crippen LogP contribution in [0.1, 0.15) is 11.1 Å². The van der Waals surface area contributed by atoms with Crippen LogP contribution in [0.4, 0.5) is 0 Å². The van der Waals surface area contributed by atoms with Gasteiger partial charge in [-0.05, 0) is 59.7 Å². The Bertz CT molecular complexity index is 789. The van der Waals surface area contributed by atoms with Gasteiger partial charge in [-0.2, -0.15) is 0 Å². The van der Waals surface area contributed by atoms with Crippen molar-refractivity contribution in [3.63, 3.8) is 0 Å². The van der Waals surface area contributed by atoms with Gasteiger partial charge in [-0.3, -0.25) is 9.52 Å². The summed E-state index contributed by atoms with van der Waals surface area (Å²) in [5.74, 6) is 1.51. The number of hydrazone groups is 1. The summed E-state index contributed by atoms with van der Waals surface area (Å²) in [6, 6.07) is 15.2. The first-order chi connectivity index (χ1) is 12.6. The third kappa shape index (κ3) is 6.39. The van der Waals surface area contributed by atoms with Gasteiger partial charge in [0, 0.05) is 6.21 Å². The first kappa shape index (κ1) is 19.8. The molecule has 0 radical (unpaired) electrons. The molecule has 5 nitrogen and oxygen atoms in total. The highest BCUT2D eigenvalue weighted by molar-refractivity contribution is 8.02. The Morgan fingerprint density at radius 2 is 1.62 bits per heavy atom. The SMILES string of the molecule is C=CCN=Cc1ccc(O[P+](=S)N(C)/N=C/c2ccc(OC)cc2)cc1. The van der Waals surface area contributed by atoms with Crippen molar-refractivity contribution in [2.75, 3.05) is 20.7 Å². The van der Waals surface area contributed by atoms with Crippen LogP contribution in [0.15, 0.2) is 71.3 Å². The molecule has 2 aromatic carbocycles. The van der Waals surface area contributed by atoms with Crippen LogP contribution < -0.4 is 9.26 Å². The van der Waals surface area contributed by atoms with Crippen LogP contribution in [-0.2, 0) is 11.8 Å². The van der Waals surface area contributed by atoms with E-state index in [1.165, 1.54) is 0 Å². The predicted molar refractivity (Wildman–Crippen MR) is 112 cm³/mol. The Hall–Kier alpha value is -2.56. The fraction of sp³-hybridized carbons (Fsp3) is 0.158. The smallest absolute Gasteiger partial charge is 0.497 e. The summed E-state index contributed by atoms with van der Waals surface area (Å²) < 4.78 is 12.6. The fourth-order valence-corrected chi connectivity index (χ4v) is 2.82. The lowest BCUT2D eigenvalue weighted by molar-refractivity contribution is 0.415. The van der Waals surface area contributed by atoms with Crippen molar-refractivity contribution >= 4 is 31.3 Å². The number of nitrogens with zero attached hydrogens (tertiary/aromatic N) is 3.